The number of carbonyl (C=O) groups is 1. The number of hydrogen-bond donors (Lipinski definition) is 1. The number of hydrazone groups is 1. The van der Waals surface area contributed by atoms with Crippen LogP contribution in [0, 0.1) is 0 Å². The topological polar surface area (TPSA) is 78.4 Å². The lowest BCUT2D eigenvalue weighted by Crippen LogP contribution is -2.17. The average Bonchev–Trinajstić information content (AvgIpc) is 2.94. The third kappa shape index (κ3) is 4.67. The third-order valence-corrected chi connectivity index (χ3v) is 4.21. The van der Waals surface area contributed by atoms with Gasteiger partial charge in [0.1, 0.15) is 0 Å². The molecule has 1 aliphatic rings. The molecule has 0 unspecified atom stereocenters. The van der Waals surface area contributed by atoms with Gasteiger partial charge in [0.05, 0.1) is 38.2 Å². The molecule has 0 saturated heterocycles. The lowest BCUT2D eigenvalue weighted by atomic mass is 10.2. The Morgan fingerprint density at radius 1 is 1.25 bits per heavy atom. The van der Waals surface area contributed by atoms with Gasteiger partial charge in [-0.3, -0.25) is 4.79 Å². The quantitative estimate of drug-likeness (QED) is 0.587. The van der Waals surface area contributed by atoms with E-state index in [1.807, 2.05) is 6.92 Å². The van der Waals surface area contributed by atoms with Crippen LogP contribution < -0.4 is 24.4 Å². The first-order valence-corrected chi connectivity index (χ1v) is 9.23. The summed E-state index contributed by atoms with van der Waals surface area (Å²) in [5, 5.41) is 4.43. The van der Waals surface area contributed by atoms with Crippen LogP contribution >= 0.6 is 11.6 Å². The first kappa shape index (κ1) is 19.8. The summed E-state index contributed by atoms with van der Waals surface area (Å²) in [5.74, 6) is 1.77. The fraction of sp³-hybridized carbons (Fsp3) is 0.300. The van der Waals surface area contributed by atoms with Crippen molar-refractivity contribution < 1.29 is 23.7 Å². The third-order valence-electron chi connectivity index (χ3n) is 3.93. The summed E-state index contributed by atoms with van der Waals surface area (Å²) in [6.45, 7) is 3.49. The van der Waals surface area contributed by atoms with Crippen molar-refractivity contribution in [2.45, 2.75) is 13.3 Å². The Morgan fingerprint density at radius 2 is 2.07 bits per heavy atom. The monoisotopic (exact) mass is 404 g/mol. The Kier molecular flexibility index (Phi) is 6.60. The van der Waals surface area contributed by atoms with Gasteiger partial charge in [-0.15, -0.1) is 0 Å². The second kappa shape index (κ2) is 9.32. The molecule has 0 aromatic heterocycles. The van der Waals surface area contributed by atoms with Crippen molar-refractivity contribution in [3.63, 3.8) is 0 Å². The smallest absolute Gasteiger partial charge is 0.271 e. The van der Waals surface area contributed by atoms with Gasteiger partial charge < -0.3 is 18.9 Å². The molecular formula is C20H21ClN2O5. The van der Waals surface area contributed by atoms with Crippen LogP contribution in [0.4, 0.5) is 0 Å². The van der Waals surface area contributed by atoms with Crippen LogP contribution in [-0.2, 0) is 0 Å². The summed E-state index contributed by atoms with van der Waals surface area (Å²) in [7, 11) is 1.52. The Labute approximate surface area is 168 Å². The highest BCUT2D eigenvalue weighted by atomic mass is 35.5. The molecule has 3 rings (SSSR count). The number of benzene rings is 2. The van der Waals surface area contributed by atoms with Gasteiger partial charge in [-0.05, 0) is 42.8 Å². The number of carbonyl (C=O) groups excluding carboxylic acids is 1. The molecule has 1 heterocycles. The standard InChI is InChI=1S/C20H21ClN2O5/c1-3-26-16-6-5-14(11-17(16)25-2)20(24)23-22-12-13-9-15(21)19-18(10-13)27-7-4-8-28-19/h5-6,9-12H,3-4,7-8H2,1-2H3,(H,23,24)/b22-12-. The number of halogens is 1. The van der Waals surface area contributed by atoms with Gasteiger partial charge in [0.25, 0.3) is 5.91 Å². The van der Waals surface area contributed by atoms with E-state index >= 15 is 0 Å². The highest BCUT2D eigenvalue weighted by Gasteiger charge is 2.15. The molecule has 0 spiro atoms. The molecule has 7 nitrogen and oxygen atoms in total. The Hall–Kier alpha value is -2.93. The van der Waals surface area contributed by atoms with Gasteiger partial charge in [0.2, 0.25) is 0 Å². The molecule has 0 saturated carbocycles. The molecule has 1 aliphatic heterocycles. The predicted molar refractivity (Wildman–Crippen MR) is 106 cm³/mol. The SMILES string of the molecule is CCOc1ccc(C(=O)N/N=C\c2cc(Cl)c3c(c2)OCCCO3)cc1OC. The minimum absolute atomic E-state index is 0.377. The van der Waals surface area contributed by atoms with Gasteiger partial charge in [0, 0.05) is 12.0 Å². The number of nitrogens with one attached hydrogen (secondary N) is 1. The van der Waals surface area contributed by atoms with Gasteiger partial charge in [-0.25, -0.2) is 5.43 Å². The average molecular weight is 405 g/mol. The van der Waals surface area contributed by atoms with E-state index in [1.165, 1.54) is 13.3 Å². The molecule has 1 amide bonds. The summed E-state index contributed by atoms with van der Waals surface area (Å²) in [5.41, 5.74) is 3.56. The van der Waals surface area contributed by atoms with Crippen molar-refractivity contribution in [1.29, 1.82) is 0 Å². The van der Waals surface area contributed by atoms with Gasteiger partial charge >= 0.3 is 0 Å². The summed E-state index contributed by atoms with van der Waals surface area (Å²) < 4.78 is 21.9. The van der Waals surface area contributed by atoms with Crippen molar-refractivity contribution in [1.82, 2.24) is 5.43 Å². The number of ether oxygens (including phenoxy) is 4. The molecule has 148 valence electrons. The van der Waals surface area contributed by atoms with E-state index < -0.39 is 0 Å². The molecule has 1 N–H and O–H groups in total. The summed E-state index contributed by atoms with van der Waals surface area (Å²) in [6, 6.07) is 8.39. The summed E-state index contributed by atoms with van der Waals surface area (Å²) in [6.07, 6.45) is 2.28. The lowest BCUT2D eigenvalue weighted by Gasteiger charge is -2.10. The van der Waals surface area contributed by atoms with Gasteiger partial charge in [-0.2, -0.15) is 5.10 Å². The van der Waals surface area contributed by atoms with E-state index in [0.29, 0.717) is 59.0 Å². The Morgan fingerprint density at radius 3 is 2.86 bits per heavy atom. The van der Waals surface area contributed by atoms with E-state index in [4.69, 9.17) is 30.5 Å². The Bertz CT molecular complexity index is 885. The number of fused-ring (bicyclic) bond motifs is 1. The van der Waals surface area contributed by atoms with Gasteiger partial charge in [0.15, 0.2) is 23.0 Å². The van der Waals surface area contributed by atoms with Crippen molar-refractivity contribution in [3.05, 3.63) is 46.5 Å². The highest BCUT2D eigenvalue weighted by molar-refractivity contribution is 6.32. The fourth-order valence-corrected chi connectivity index (χ4v) is 2.91. The maximum atomic E-state index is 12.3. The van der Waals surface area contributed by atoms with E-state index in [2.05, 4.69) is 10.5 Å². The van der Waals surface area contributed by atoms with Crippen LogP contribution in [0.3, 0.4) is 0 Å². The summed E-state index contributed by atoms with van der Waals surface area (Å²) >= 11 is 6.25. The van der Waals surface area contributed by atoms with E-state index in [-0.39, 0.29) is 5.91 Å². The van der Waals surface area contributed by atoms with E-state index in [0.717, 1.165) is 6.42 Å². The van der Waals surface area contributed by atoms with Gasteiger partial charge in [-0.1, -0.05) is 11.6 Å². The molecule has 2 aromatic rings. The zero-order valence-electron chi connectivity index (χ0n) is 15.7. The van der Waals surface area contributed by atoms with Crippen LogP contribution in [0.2, 0.25) is 5.02 Å². The minimum Gasteiger partial charge on any atom is -0.493 e. The normalized spacial score (nSPS) is 13.1. The van der Waals surface area contributed by atoms with Crippen LogP contribution in [0.5, 0.6) is 23.0 Å². The molecular weight excluding hydrogens is 384 g/mol. The molecule has 28 heavy (non-hydrogen) atoms. The van der Waals surface area contributed by atoms with Crippen molar-refractivity contribution >= 4 is 23.7 Å². The molecule has 0 radical (unpaired) electrons. The first-order valence-electron chi connectivity index (χ1n) is 8.85. The molecule has 0 bridgehead atoms. The van der Waals surface area contributed by atoms with Crippen LogP contribution in [-0.4, -0.2) is 39.1 Å². The lowest BCUT2D eigenvalue weighted by molar-refractivity contribution is 0.0954. The zero-order valence-corrected chi connectivity index (χ0v) is 16.4. The molecule has 8 heteroatoms. The summed E-state index contributed by atoms with van der Waals surface area (Å²) in [4.78, 5) is 12.3. The predicted octanol–water partition coefficient (Wildman–Crippen LogP) is 3.67. The molecule has 0 atom stereocenters. The fourth-order valence-electron chi connectivity index (χ4n) is 2.64. The van der Waals surface area contributed by atoms with Crippen molar-refractivity contribution in [2.24, 2.45) is 5.10 Å². The molecule has 2 aromatic carbocycles. The Balaban J connectivity index is 1.70. The number of nitrogens with zero attached hydrogens (tertiary/aromatic N) is 1. The second-order valence-corrected chi connectivity index (χ2v) is 6.29. The molecule has 0 fully saturated rings. The van der Waals surface area contributed by atoms with Crippen LogP contribution in [0.25, 0.3) is 0 Å². The molecule has 0 aliphatic carbocycles. The van der Waals surface area contributed by atoms with Crippen LogP contribution in [0.15, 0.2) is 35.4 Å². The zero-order chi connectivity index (χ0) is 19.9. The van der Waals surface area contributed by atoms with Crippen LogP contribution in [0.1, 0.15) is 29.3 Å². The number of methoxy groups -OCH3 is 1. The minimum atomic E-state index is -0.377. The number of amides is 1. The van der Waals surface area contributed by atoms with E-state index in [1.54, 1.807) is 30.3 Å². The maximum Gasteiger partial charge on any atom is 0.271 e. The van der Waals surface area contributed by atoms with Crippen molar-refractivity contribution in [2.75, 3.05) is 26.9 Å². The second-order valence-electron chi connectivity index (χ2n) is 5.88. The highest BCUT2D eigenvalue weighted by Crippen LogP contribution is 2.37. The van der Waals surface area contributed by atoms with E-state index in [9.17, 15) is 4.79 Å². The first-order chi connectivity index (χ1) is 13.6. The largest absolute Gasteiger partial charge is 0.493 e. The maximum absolute atomic E-state index is 12.3. The van der Waals surface area contributed by atoms with Crippen molar-refractivity contribution in [3.8, 4) is 23.0 Å². The number of rotatable bonds is 6. The number of hydrogen-bond acceptors (Lipinski definition) is 6.